The zero-order valence-corrected chi connectivity index (χ0v) is 17.8. The number of furan rings is 1. The molecule has 0 spiro atoms. The van der Waals surface area contributed by atoms with Gasteiger partial charge in [0.2, 0.25) is 0 Å². The highest BCUT2D eigenvalue weighted by Crippen LogP contribution is 2.33. The number of nitrogens with zero attached hydrogens (tertiary/aromatic N) is 3. The Morgan fingerprint density at radius 2 is 1.41 bits per heavy atom. The van der Waals surface area contributed by atoms with Gasteiger partial charge < -0.3 is 9.32 Å². The Bertz CT molecular complexity index is 1120. The summed E-state index contributed by atoms with van der Waals surface area (Å²) in [6.45, 7) is 4.09. The van der Waals surface area contributed by atoms with Crippen molar-refractivity contribution in [2.75, 3.05) is 26.2 Å². The van der Waals surface area contributed by atoms with E-state index in [0.717, 1.165) is 25.2 Å². The van der Waals surface area contributed by atoms with E-state index in [2.05, 4.69) is 34.1 Å². The van der Waals surface area contributed by atoms with E-state index in [4.69, 9.17) is 4.42 Å². The van der Waals surface area contributed by atoms with Gasteiger partial charge in [0.25, 0.3) is 11.8 Å². The van der Waals surface area contributed by atoms with Crippen LogP contribution in [-0.2, 0) is 22.7 Å². The first-order chi connectivity index (χ1) is 15.7. The van der Waals surface area contributed by atoms with Gasteiger partial charge in [0.1, 0.15) is 11.5 Å². The van der Waals surface area contributed by atoms with E-state index in [1.54, 1.807) is 18.4 Å². The quantitative estimate of drug-likeness (QED) is 0.565. The van der Waals surface area contributed by atoms with Crippen LogP contribution in [0.15, 0.2) is 89.2 Å². The monoisotopic (exact) mass is 427 g/mol. The highest BCUT2D eigenvalue weighted by molar-refractivity contribution is 6.35. The van der Waals surface area contributed by atoms with Crippen molar-refractivity contribution in [2.45, 2.75) is 13.1 Å². The number of rotatable bonds is 6. The second-order valence-electron chi connectivity index (χ2n) is 8.11. The summed E-state index contributed by atoms with van der Waals surface area (Å²) in [4.78, 5) is 32.6. The maximum absolute atomic E-state index is 13.4. The second kappa shape index (κ2) is 8.85. The van der Waals surface area contributed by atoms with Crippen molar-refractivity contribution < 1.29 is 14.0 Å². The molecule has 0 atom stereocenters. The van der Waals surface area contributed by atoms with Crippen molar-refractivity contribution >= 4 is 17.4 Å². The molecule has 0 unspecified atom stereocenters. The molecule has 0 radical (unpaired) electrons. The van der Waals surface area contributed by atoms with Crippen LogP contribution in [0.1, 0.15) is 16.9 Å². The molecule has 0 N–H and O–H groups in total. The van der Waals surface area contributed by atoms with Crippen molar-refractivity contribution in [3.05, 3.63) is 102 Å². The number of imide groups is 1. The smallest absolute Gasteiger partial charge is 0.278 e. The highest BCUT2D eigenvalue weighted by atomic mass is 16.3. The summed E-state index contributed by atoms with van der Waals surface area (Å²) in [5.74, 6) is 0.0779. The summed E-state index contributed by atoms with van der Waals surface area (Å²) >= 11 is 0. The number of amides is 2. The fourth-order valence-corrected chi connectivity index (χ4v) is 4.39. The number of hydrogen-bond donors (Lipinski definition) is 0. The minimum Gasteiger partial charge on any atom is -0.467 e. The molecule has 0 aliphatic carbocycles. The van der Waals surface area contributed by atoms with Crippen molar-refractivity contribution in [3.63, 3.8) is 0 Å². The Balaban J connectivity index is 1.39. The average molecular weight is 428 g/mol. The van der Waals surface area contributed by atoms with Gasteiger partial charge in [-0.15, -0.1) is 0 Å². The molecule has 1 fully saturated rings. The lowest BCUT2D eigenvalue weighted by Crippen LogP contribution is -2.47. The fraction of sp³-hybridized carbons (Fsp3) is 0.231. The lowest BCUT2D eigenvalue weighted by molar-refractivity contribution is -0.138. The molecule has 5 rings (SSSR count). The third kappa shape index (κ3) is 3.97. The molecule has 1 saturated heterocycles. The predicted octanol–water partition coefficient (Wildman–Crippen LogP) is 3.38. The van der Waals surface area contributed by atoms with Crippen LogP contribution >= 0.6 is 0 Å². The van der Waals surface area contributed by atoms with Gasteiger partial charge in [-0.05, 0) is 23.3 Å². The Hall–Kier alpha value is -3.64. The van der Waals surface area contributed by atoms with Crippen molar-refractivity contribution in [3.8, 4) is 0 Å². The molecule has 3 aromatic rings. The minimum absolute atomic E-state index is 0.137. The molecule has 2 aliphatic heterocycles. The van der Waals surface area contributed by atoms with Gasteiger partial charge in [-0.1, -0.05) is 60.7 Å². The van der Waals surface area contributed by atoms with Crippen LogP contribution in [-0.4, -0.2) is 52.7 Å². The van der Waals surface area contributed by atoms with Crippen LogP contribution in [0, 0.1) is 0 Å². The fourth-order valence-electron chi connectivity index (χ4n) is 4.39. The van der Waals surface area contributed by atoms with E-state index in [0.29, 0.717) is 30.1 Å². The standard InChI is InChI=1S/C26H25N3O3/c30-25-23(21-10-5-2-6-11-21)24(26(31)29(25)19-22-12-7-17-32-22)28-15-13-27(14-16-28)18-20-8-3-1-4-9-20/h1-12,17H,13-16,18-19H2. The summed E-state index contributed by atoms with van der Waals surface area (Å²) < 4.78 is 5.40. The number of carbonyl (C=O) groups excluding carboxylic acids is 2. The van der Waals surface area contributed by atoms with E-state index >= 15 is 0 Å². The molecule has 2 aromatic carbocycles. The van der Waals surface area contributed by atoms with Crippen molar-refractivity contribution in [2.24, 2.45) is 0 Å². The highest BCUT2D eigenvalue weighted by Gasteiger charge is 2.42. The maximum Gasteiger partial charge on any atom is 0.278 e. The van der Waals surface area contributed by atoms with E-state index in [1.807, 2.05) is 36.4 Å². The van der Waals surface area contributed by atoms with Crippen LogP contribution in [0.3, 0.4) is 0 Å². The molecule has 0 saturated carbocycles. The van der Waals surface area contributed by atoms with Gasteiger partial charge >= 0.3 is 0 Å². The van der Waals surface area contributed by atoms with Gasteiger partial charge in [0.15, 0.2) is 0 Å². The van der Waals surface area contributed by atoms with Crippen LogP contribution in [0.4, 0.5) is 0 Å². The molecule has 6 nitrogen and oxygen atoms in total. The first kappa shape index (κ1) is 20.3. The molecule has 32 heavy (non-hydrogen) atoms. The lowest BCUT2D eigenvalue weighted by Gasteiger charge is -2.36. The molecule has 162 valence electrons. The van der Waals surface area contributed by atoms with Crippen molar-refractivity contribution in [1.82, 2.24) is 14.7 Å². The third-order valence-electron chi connectivity index (χ3n) is 6.04. The first-order valence-electron chi connectivity index (χ1n) is 10.9. The van der Waals surface area contributed by atoms with Gasteiger partial charge in [0.05, 0.1) is 18.4 Å². The maximum atomic E-state index is 13.4. The topological polar surface area (TPSA) is 57.0 Å². The number of benzene rings is 2. The summed E-state index contributed by atoms with van der Waals surface area (Å²) in [5.41, 5.74) is 3.04. The molecular weight excluding hydrogens is 402 g/mol. The van der Waals surface area contributed by atoms with Gasteiger partial charge in [-0.25, -0.2) is 0 Å². The molecule has 2 amide bonds. The summed E-state index contributed by atoms with van der Waals surface area (Å²) in [5, 5.41) is 0. The predicted molar refractivity (Wildman–Crippen MR) is 121 cm³/mol. The third-order valence-corrected chi connectivity index (χ3v) is 6.04. The number of hydrogen-bond acceptors (Lipinski definition) is 5. The lowest BCUT2D eigenvalue weighted by atomic mass is 10.0. The summed E-state index contributed by atoms with van der Waals surface area (Å²) in [6, 6.07) is 23.4. The zero-order valence-electron chi connectivity index (χ0n) is 17.8. The normalized spacial score (nSPS) is 17.5. The number of carbonyl (C=O) groups is 2. The molecule has 0 bridgehead atoms. The summed E-state index contributed by atoms with van der Waals surface area (Å²) in [7, 11) is 0. The first-order valence-corrected chi connectivity index (χ1v) is 10.9. The SMILES string of the molecule is O=C1C(c2ccccc2)=C(N2CCN(Cc3ccccc3)CC2)C(=O)N1Cc1ccco1. The average Bonchev–Trinajstić information content (AvgIpc) is 3.43. The van der Waals surface area contributed by atoms with E-state index in [1.165, 1.54) is 10.5 Å². The second-order valence-corrected chi connectivity index (χ2v) is 8.11. The molecular formula is C26H25N3O3. The minimum atomic E-state index is -0.265. The molecule has 3 heterocycles. The van der Waals surface area contributed by atoms with Crippen LogP contribution in [0.25, 0.3) is 5.57 Å². The van der Waals surface area contributed by atoms with Gasteiger partial charge in [-0.2, -0.15) is 0 Å². The molecule has 1 aromatic heterocycles. The molecule has 6 heteroatoms. The Morgan fingerprint density at radius 1 is 0.719 bits per heavy atom. The van der Waals surface area contributed by atoms with Gasteiger partial charge in [0, 0.05) is 32.7 Å². The molecule has 2 aliphatic rings. The summed E-state index contributed by atoms with van der Waals surface area (Å²) in [6.07, 6.45) is 1.55. The van der Waals surface area contributed by atoms with Crippen LogP contribution in [0.5, 0.6) is 0 Å². The van der Waals surface area contributed by atoms with Crippen molar-refractivity contribution in [1.29, 1.82) is 0 Å². The Kier molecular flexibility index (Phi) is 5.60. The van der Waals surface area contributed by atoms with E-state index < -0.39 is 0 Å². The zero-order chi connectivity index (χ0) is 21.9. The van der Waals surface area contributed by atoms with Crippen LogP contribution < -0.4 is 0 Å². The van der Waals surface area contributed by atoms with E-state index in [-0.39, 0.29) is 18.4 Å². The Morgan fingerprint density at radius 3 is 2.06 bits per heavy atom. The van der Waals surface area contributed by atoms with E-state index in [9.17, 15) is 9.59 Å². The van der Waals surface area contributed by atoms with Crippen LogP contribution in [0.2, 0.25) is 0 Å². The Labute approximate surface area is 187 Å². The largest absolute Gasteiger partial charge is 0.467 e. The number of piperazine rings is 1. The van der Waals surface area contributed by atoms with Gasteiger partial charge in [-0.3, -0.25) is 19.4 Å².